The van der Waals surface area contributed by atoms with Crippen LogP contribution in [0.5, 0.6) is 5.75 Å². The molecule has 19 heavy (non-hydrogen) atoms. The van der Waals surface area contributed by atoms with Crippen LogP contribution in [-0.4, -0.2) is 0 Å². The van der Waals surface area contributed by atoms with Crippen molar-refractivity contribution in [3.8, 4) is 5.75 Å². The van der Waals surface area contributed by atoms with Gasteiger partial charge in [-0.1, -0.05) is 11.6 Å². The summed E-state index contributed by atoms with van der Waals surface area (Å²) in [5.74, 6) is -0.304. The fourth-order valence-corrected chi connectivity index (χ4v) is 1.83. The summed E-state index contributed by atoms with van der Waals surface area (Å²) in [4.78, 5) is 0. The van der Waals surface area contributed by atoms with Crippen molar-refractivity contribution in [2.24, 2.45) is 5.73 Å². The van der Waals surface area contributed by atoms with Crippen LogP contribution in [0, 0.1) is 11.6 Å². The van der Waals surface area contributed by atoms with Gasteiger partial charge in [-0.3, -0.25) is 0 Å². The topological polar surface area (TPSA) is 35.2 Å². The molecule has 0 saturated heterocycles. The first-order valence-electron chi connectivity index (χ1n) is 5.65. The molecule has 0 aliphatic carbocycles. The van der Waals surface area contributed by atoms with Gasteiger partial charge < -0.3 is 10.5 Å². The quantitative estimate of drug-likeness (QED) is 0.929. The smallest absolute Gasteiger partial charge is 0.124 e. The van der Waals surface area contributed by atoms with E-state index in [0.29, 0.717) is 21.9 Å². The molecule has 2 aromatic rings. The summed E-state index contributed by atoms with van der Waals surface area (Å²) in [7, 11) is 0. The summed E-state index contributed by atoms with van der Waals surface area (Å²) in [6, 6.07) is 8.11. The number of hydrogen-bond acceptors (Lipinski definition) is 2. The number of benzene rings is 2. The average Bonchev–Trinajstić information content (AvgIpc) is 2.40. The van der Waals surface area contributed by atoms with Crippen molar-refractivity contribution in [2.75, 3.05) is 0 Å². The first kappa shape index (κ1) is 13.8. The van der Waals surface area contributed by atoms with Crippen molar-refractivity contribution in [3.05, 3.63) is 64.2 Å². The monoisotopic (exact) mass is 283 g/mol. The Balaban J connectivity index is 2.16. The van der Waals surface area contributed by atoms with Crippen LogP contribution < -0.4 is 10.5 Å². The summed E-state index contributed by atoms with van der Waals surface area (Å²) in [6.45, 7) is 0.249. The number of halogens is 3. The Bertz CT molecular complexity index is 590. The molecular formula is C14H12ClF2NO. The lowest BCUT2D eigenvalue weighted by Crippen LogP contribution is -2.04. The van der Waals surface area contributed by atoms with E-state index in [1.807, 2.05) is 0 Å². The van der Waals surface area contributed by atoms with Crippen LogP contribution in [0.2, 0.25) is 5.02 Å². The Hall–Kier alpha value is -1.65. The minimum absolute atomic E-state index is 0.0925. The molecule has 0 unspecified atom stereocenters. The average molecular weight is 284 g/mol. The standard InChI is InChI=1S/C14H12ClF2NO/c15-13-3-1-11(16)6-10(13)8-19-14-4-2-12(17)5-9(14)7-18/h1-6H,7-8,18H2. The van der Waals surface area contributed by atoms with Crippen LogP contribution in [0.25, 0.3) is 0 Å². The third kappa shape index (κ3) is 3.43. The van der Waals surface area contributed by atoms with E-state index in [-0.39, 0.29) is 24.8 Å². The molecule has 0 fully saturated rings. The molecule has 0 aliphatic heterocycles. The Morgan fingerprint density at radius 1 is 1.00 bits per heavy atom. The molecule has 0 radical (unpaired) electrons. The van der Waals surface area contributed by atoms with Crippen molar-refractivity contribution in [3.63, 3.8) is 0 Å². The van der Waals surface area contributed by atoms with E-state index in [1.165, 1.54) is 36.4 Å². The lowest BCUT2D eigenvalue weighted by atomic mass is 10.2. The van der Waals surface area contributed by atoms with Gasteiger partial charge in [0, 0.05) is 22.7 Å². The van der Waals surface area contributed by atoms with Gasteiger partial charge in [-0.25, -0.2) is 8.78 Å². The van der Waals surface area contributed by atoms with Gasteiger partial charge in [0.2, 0.25) is 0 Å². The maximum Gasteiger partial charge on any atom is 0.124 e. The molecular weight excluding hydrogens is 272 g/mol. The molecule has 0 aromatic heterocycles. The maximum absolute atomic E-state index is 13.1. The second-order valence-electron chi connectivity index (χ2n) is 3.98. The molecule has 0 aliphatic rings. The number of ether oxygens (including phenoxy) is 1. The van der Waals surface area contributed by atoms with Crippen molar-refractivity contribution in [1.29, 1.82) is 0 Å². The zero-order chi connectivity index (χ0) is 13.8. The largest absolute Gasteiger partial charge is 0.489 e. The van der Waals surface area contributed by atoms with Crippen LogP contribution in [0.15, 0.2) is 36.4 Å². The predicted molar refractivity (Wildman–Crippen MR) is 70.0 cm³/mol. The SMILES string of the molecule is NCc1cc(F)ccc1OCc1cc(F)ccc1Cl. The number of nitrogens with two attached hydrogens (primary N) is 1. The molecule has 5 heteroatoms. The van der Waals surface area contributed by atoms with Gasteiger partial charge in [0.05, 0.1) is 0 Å². The van der Waals surface area contributed by atoms with E-state index in [2.05, 4.69) is 0 Å². The van der Waals surface area contributed by atoms with Crippen molar-refractivity contribution in [2.45, 2.75) is 13.2 Å². The highest BCUT2D eigenvalue weighted by Gasteiger charge is 2.07. The molecule has 2 rings (SSSR count). The van der Waals surface area contributed by atoms with Gasteiger partial charge in [-0.15, -0.1) is 0 Å². The summed E-state index contributed by atoms with van der Waals surface area (Å²) in [6.07, 6.45) is 0. The first-order chi connectivity index (χ1) is 9.10. The lowest BCUT2D eigenvalue weighted by molar-refractivity contribution is 0.302. The molecule has 0 saturated carbocycles. The Labute approximate surface area is 114 Å². The normalized spacial score (nSPS) is 10.5. The second-order valence-corrected chi connectivity index (χ2v) is 4.39. The molecule has 0 atom stereocenters. The Morgan fingerprint density at radius 2 is 1.63 bits per heavy atom. The van der Waals surface area contributed by atoms with Crippen LogP contribution in [0.4, 0.5) is 8.78 Å². The molecule has 2 N–H and O–H groups in total. The third-order valence-corrected chi connectivity index (χ3v) is 3.00. The maximum atomic E-state index is 13.1. The van der Waals surface area contributed by atoms with Gasteiger partial charge in [0.1, 0.15) is 24.0 Å². The Kier molecular flexibility index (Phi) is 4.35. The number of rotatable bonds is 4. The van der Waals surface area contributed by atoms with E-state index in [0.717, 1.165) is 0 Å². The molecule has 2 aromatic carbocycles. The van der Waals surface area contributed by atoms with Gasteiger partial charge in [0.25, 0.3) is 0 Å². The van der Waals surface area contributed by atoms with Crippen molar-refractivity contribution < 1.29 is 13.5 Å². The van der Waals surface area contributed by atoms with Crippen LogP contribution in [0.1, 0.15) is 11.1 Å². The molecule has 0 amide bonds. The second kappa shape index (κ2) is 5.99. The fourth-order valence-electron chi connectivity index (χ4n) is 1.66. The molecule has 0 bridgehead atoms. The van der Waals surface area contributed by atoms with Crippen molar-refractivity contribution in [1.82, 2.24) is 0 Å². The van der Waals surface area contributed by atoms with E-state index < -0.39 is 0 Å². The summed E-state index contributed by atoms with van der Waals surface area (Å²) in [5.41, 5.74) is 6.58. The minimum Gasteiger partial charge on any atom is -0.489 e. The Morgan fingerprint density at radius 3 is 2.32 bits per heavy atom. The lowest BCUT2D eigenvalue weighted by Gasteiger charge is -2.11. The van der Waals surface area contributed by atoms with E-state index in [1.54, 1.807) is 0 Å². The fraction of sp³-hybridized carbons (Fsp3) is 0.143. The van der Waals surface area contributed by atoms with Gasteiger partial charge in [-0.05, 0) is 36.4 Å². The molecule has 0 heterocycles. The zero-order valence-electron chi connectivity index (χ0n) is 10.00. The predicted octanol–water partition coefficient (Wildman–Crippen LogP) is 3.66. The summed E-state index contributed by atoms with van der Waals surface area (Å²) in [5, 5.41) is 0.415. The van der Waals surface area contributed by atoms with E-state index >= 15 is 0 Å². The molecule has 100 valence electrons. The van der Waals surface area contributed by atoms with Crippen LogP contribution >= 0.6 is 11.6 Å². The van der Waals surface area contributed by atoms with E-state index in [9.17, 15) is 8.78 Å². The van der Waals surface area contributed by atoms with Crippen LogP contribution in [-0.2, 0) is 13.2 Å². The van der Waals surface area contributed by atoms with E-state index in [4.69, 9.17) is 22.1 Å². The highest BCUT2D eigenvalue weighted by atomic mass is 35.5. The van der Waals surface area contributed by atoms with Gasteiger partial charge in [-0.2, -0.15) is 0 Å². The first-order valence-corrected chi connectivity index (χ1v) is 6.03. The minimum atomic E-state index is -0.388. The zero-order valence-corrected chi connectivity index (χ0v) is 10.8. The van der Waals surface area contributed by atoms with Crippen molar-refractivity contribution >= 4 is 11.6 Å². The van der Waals surface area contributed by atoms with Crippen LogP contribution in [0.3, 0.4) is 0 Å². The molecule has 0 spiro atoms. The highest BCUT2D eigenvalue weighted by molar-refractivity contribution is 6.31. The van der Waals surface area contributed by atoms with Gasteiger partial charge >= 0.3 is 0 Å². The molecule has 2 nitrogen and oxygen atoms in total. The highest BCUT2D eigenvalue weighted by Crippen LogP contribution is 2.23. The van der Waals surface area contributed by atoms with Gasteiger partial charge in [0.15, 0.2) is 0 Å². The number of hydrogen-bond donors (Lipinski definition) is 1. The summed E-state index contributed by atoms with van der Waals surface area (Å²) >= 11 is 5.93. The third-order valence-electron chi connectivity index (χ3n) is 2.63. The summed E-state index contributed by atoms with van der Waals surface area (Å²) < 4.78 is 31.6.